The summed E-state index contributed by atoms with van der Waals surface area (Å²) < 4.78 is 67.8. The summed E-state index contributed by atoms with van der Waals surface area (Å²) in [6, 6.07) is 1.25. The van der Waals surface area contributed by atoms with Crippen LogP contribution < -0.4 is 4.74 Å². The molecule has 18 heavy (non-hydrogen) atoms. The summed E-state index contributed by atoms with van der Waals surface area (Å²) in [5.41, 5.74) is -1.03. The van der Waals surface area contributed by atoms with E-state index in [1.54, 1.807) is 0 Å². The number of hydrogen-bond acceptors (Lipinski definition) is 3. The first-order chi connectivity index (χ1) is 8.29. The highest BCUT2D eigenvalue weighted by Gasteiger charge is 2.38. The van der Waals surface area contributed by atoms with Gasteiger partial charge < -0.3 is 4.74 Å². The molecule has 2 rings (SSSR count). The fraction of sp³-hybridized carbons (Fsp3) is 0.200. The Labute approximate surface area is 97.6 Å². The lowest BCUT2D eigenvalue weighted by molar-refractivity contribution is -0.137. The van der Waals surface area contributed by atoms with E-state index in [1.165, 1.54) is 0 Å². The number of ether oxygens (including phenoxy) is 1. The molecule has 3 nitrogen and oxygen atoms in total. The van der Waals surface area contributed by atoms with E-state index in [9.17, 15) is 22.0 Å². The zero-order chi connectivity index (χ0) is 13.4. The minimum atomic E-state index is -4.59. The molecule has 96 valence electrons. The van der Waals surface area contributed by atoms with Crippen LogP contribution in [-0.4, -0.2) is 17.1 Å². The van der Waals surface area contributed by atoms with E-state index in [2.05, 4.69) is 14.7 Å². The molecule has 0 N–H and O–H groups in total. The highest BCUT2D eigenvalue weighted by atomic mass is 19.4. The van der Waals surface area contributed by atoms with E-state index in [1.807, 2.05) is 0 Å². The highest BCUT2D eigenvalue weighted by Crippen LogP contribution is 2.32. The number of pyridine rings is 1. The largest absolute Gasteiger partial charge is 0.435 e. The van der Waals surface area contributed by atoms with Crippen molar-refractivity contribution in [3.05, 3.63) is 35.9 Å². The molecule has 1 aromatic heterocycles. The van der Waals surface area contributed by atoms with Crippen LogP contribution in [0.15, 0.2) is 35.3 Å². The van der Waals surface area contributed by atoms with Crippen molar-refractivity contribution in [2.24, 2.45) is 4.99 Å². The molecule has 0 aromatic carbocycles. The van der Waals surface area contributed by atoms with Crippen LogP contribution >= 0.6 is 0 Å². The Morgan fingerprint density at radius 2 is 1.94 bits per heavy atom. The lowest BCUT2D eigenvalue weighted by Crippen LogP contribution is -2.22. The zero-order valence-corrected chi connectivity index (χ0v) is 8.58. The summed E-state index contributed by atoms with van der Waals surface area (Å²) in [6.45, 7) is 0. The van der Waals surface area contributed by atoms with Crippen molar-refractivity contribution < 1.29 is 26.7 Å². The number of alkyl halides is 5. The van der Waals surface area contributed by atoms with E-state index in [0.717, 1.165) is 12.4 Å². The van der Waals surface area contributed by atoms with E-state index in [4.69, 9.17) is 0 Å². The Bertz CT molecular complexity index is 521. The summed E-state index contributed by atoms with van der Waals surface area (Å²) in [6.07, 6.45) is -2.71. The molecule has 8 heteroatoms. The maximum atomic E-state index is 13.0. The molecule has 0 unspecified atom stereocenters. The van der Waals surface area contributed by atoms with Gasteiger partial charge in [-0.1, -0.05) is 0 Å². The second-order valence-electron chi connectivity index (χ2n) is 3.38. The van der Waals surface area contributed by atoms with Crippen molar-refractivity contribution in [3.8, 4) is 5.88 Å². The number of nitrogens with zero attached hydrogens (tertiary/aromatic N) is 2. The Hall–Kier alpha value is -1.99. The molecule has 0 radical (unpaired) electrons. The van der Waals surface area contributed by atoms with Crippen LogP contribution in [0.1, 0.15) is 5.56 Å². The van der Waals surface area contributed by atoms with Gasteiger partial charge in [0.25, 0.3) is 0 Å². The summed E-state index contributed by atoms with van der Waals surface area (Å²) in [7, 11) is 0. The van der Waals surface area contributed by atoms with Crippen molar-refractivity contribution >= 4 is 6.21 Å². The van der Waals surface area contributed by atoms with Gasteiger partial charge in [-0.3, -0.25) is 4.99 Å². The molecule has 2 heterocycles. The van der Waals surface area contributed by atoms with Crippen LogP contribution in [0.2, 0.25) is 0 Å². The van der Waals surface area contributed by atoms with E-state index in [0.29, 0.717) is 18.3 Å². The maximum Gasteiger partial charge on any atom is 0.416 e. The van der Waals surface area contributed by atoms with Gasteiger partial charge >= 0.3 is 12.1 Å². The fourth-order valence-corrected chi connectivity index (χ4v) is 1.20. The normalized spacial score (nSPS) is 17.7. The third kappa shape index (κ3) is 2.47. The maximum absolute atomic E-state index is 13.0. The fourth-order valence-electron chi connectivity index (χ4n) is 1.20. The molecule has 0 fully saturated rings. The van der Waals surface area contributed by atoms with Gasteiger partial charge in [0.1, 0.15) is 0 Å². The predicted molar refractivity (Wildman–Crippen MR) is 51.4 cm³/mol. The van der Waals surface area contributed by atoms with Gasteiger partial charge in [0.15, 0.2) is 5.76 Å². The Balaban J connectivity index is 2.22. The van der Waals surface area contributed by atoms with Crippen LogP contribution in [-0.2, 0) is 6.18 Å². The molecular formula is C10H5F5N2O. The van der Waals surface area contributed by atoms with Crippen LogP contribution in [0.5, 0.6) is 5.88 Å². The van der Waals surface area contributed by atoms with Crippen LogP contribution in [0.3, 0.4) is 0 Å². The Morgan fingerprint density at radius 1 is 1.22 bits per heavy atom. The second kappa shape index (κ2) is 4.04. The number of rotatable bonds is 2. The van der Waals surface area contributed by atoms with Crippen molar-refractivity contribution in [1.29, 1.82) is 0 Å². The first-order valence-corrected chi connectivity index (χ1v) is 4.63. The SMILES string of the molecule is FC1(F)C=NC=C1Oc1cc(C(F)(F)F)ccn1. The van der Waals surface area contributed by atoms with Gasteiger partial charge in [-0.05, 0) is 6.07 Å². The quantitative estimate of drug-likeness (QED) is 0.769. The average molecular weight is 264 g/mol. The summed E-state index contributed by atoms with van der Waals surface area (Å²) in [5, 5.41) is 0. The van der Waals surface area contributed by atoms with E-state index in [-0.39, 0.29) is 0 Å². The van der Waals surface area contributed by atoms with Gasteiger partial charge in [-0.2, -0.15) is 22.0 Å². The number of aromatic nitrogens is 1. The first-order valence-electron chi connectivity index (χ1n) is 4.63. The van der Waals surface area contributed by atoms with Gasteiger partial charge in [0, 0.05) is 12.3 Å². The minimum Gasteiger partial charge on any atom is -0.435 e. The van der Waals surface area contributed by atoms with Gasteiger partial charge in [-0.25, -0.2) is 4.98 Å². The molecule has 1 aliphatic rings. The first kappa shape index (κ1) is 12.5. The molecule has 0 amide bonds. The minimum absolute atomic E-state index is 0.329. The van der Waals surface area contributed by atoms with Crippen LogP contribution in [0.4, 0.5) is 22.0 Å². The monoisotopic (exact) mass is 264 g/mol. The van der Waals surface area contributed by atoms with Gasteiger partial charge in [-0.15, -0.1) is 0 Å². The predicted octanol–water partition coefficient (Wildman–Crippen LogP) is 3.04. The lowest BCUT2D eigenvalue weighted by atomic mass is 10.2. The molecule has 0 spiro atoms. The number of halogens is 5. The van der Waals surface area contributed by atoms with Gasteiger partial charge in [0.2, 0.25) is 5.88 Å². The van der Waals surface area contributed by atoms with Gasteiger partial charge in [0.05, 0.1) is 18.0 Å². The molecule has 1 aromatic rings. The number of aliphatic imine (C=N–C) groups is 1. The molecule has 0 atom stereocenters. The summed E-state index contributed by atoms with van der Waals surface area (Å²) in [4.78, 5) is 6.60. The average Bonchev–Trinajstić information content (AvgIpc) is 2.58. The summed E-state index contributed by atoms with van der Waals surface area (Å²) in [5.74, 6) is -4.87. The standard InChI is InChI=1S/C10H5F5N2O/c11-9(12)5-16-4-7(9)18-8-3-6(1-2-17-8)10(13,14)15/h1-5H. The lowest BCUT2D eigenvalue weighted by Gasteiger charge is -2.13. The molecule has 0 bridgehead atoms. The Kier molecular flexibility index (Phi) is 2.80. The van der Waals surface area contributed by atoms with Crippen LogP contribution in [0, 0.1) is 0 Å². The molecular weight excluding hydrogens is 259 g/mol. The molecule has 1 aliphatic heterocycles. The number of allylic oxidation sites excluding steroid dienone is 1. The second-order valence-corrected chi connectivity index (χ2v) is 3.38. The van der Waals surface area contributed by atoms with Crippen LogP contribution in [0.25, 0.3) is 0 Å². The van der Waals surface area contributed by atoms with Crippen molar-refractivity contribution in [2.45, 2.75) is 12.1 Å². The van der Waals surface area contributed by atoms with Crippen molar-refractivity contribution in [1.82, 2.24) is 4.98 Å². The molecule has 0 saturated heterocycles. The van der Waals surface area contributed by atoms with E-state index >= 15 is 0 Å². The van der Waals surface area contributed by atoms with Crippen molar-refractivity contribution in [2.75, 3.05) is 0 Å². The highest BCUT2D eigenvalue weighted by molar-refractivity contribution is 5.74. The third-order valence-electron chi connectivity index (χ3n) is 2.03. The van der Waals surface area contributed by atoms with E-state index < -0.39 is 29.3 Å². The smallest absolute Gasteiger partial charge is 0.416 e. The van der Waals surface area contributed by atoms with Crippen molar-refractivity contribution in [3.63, 3.8) is 0 Å². The zero-order valence-electron chi connectivity index (χ0n) is 8.58. The number of hydrogen-bond donors (Lipinski definition) is 0. The summed E-state index contributed by atoms with van der Waals surface area (Å²) >= 11 is 0. The molecule has 0 saturated carbocycles. The topological polar surface area (TPSA) is 34.5 Å². The Morgan fingerprint density at radius 3 is 2.50 bits per heavy atom. The molecule has 0 aliphatic carbocycles. The third-order valence-corrected chi connectivity index (χ3v) is 2.03.